The fourth-order valence-electron chi connectivity index (χ4n) is 0.190. The molecule has 0 aromatic carbocycles. The zero-order chi connectivity index (χ0) is 6.57. The van der Waals surface area contributed by atoms with Crippen molar-refractivity contribution in [3.05, 3.63) is 12.4 Å². The summed E-state index contributed by atoms with van der Waals surface area (Å²) in [5.74, 6) is 0.332. The fraction of sp³-hybridized carbons (Fsp3) is 0.400. The summed E-state index contributed by atoms with van der Waals surface area (Å²) in [5.41, 5.74) is 5.12. The molecule has 0 fully saturated rings. The highest BCUT2D eigenvalue weighted by Gasteiger charge is 1.75. The van der Waals surface area contributed by atoms with Crippen LogP contribution in [0.1, 0.15) is 0 Å². The van der Waals surface area contributed by atoms with Crippen LogP contribution in [0.5, 0.6) is 0 Å². The Morgan fingerprint density at radius 1 is 1.75 bits per heavy atom. The van der Waals surface area contributed by atoms with Crippen LogP contribution in [0.15, 0.2) is 17.4 Å². The molecule has 2 N–H and O–H groups in total. The van der Waals surface area contributed by atoms with Gasteiger partial charge >= 0.3 is 0 Å². The molecule has 8 heavy (non-hydrogen) atoms. The van der Waals surface area contributed by atoms with Crippen molar-refractivity contribution in [2.24, 2.45) is 10.7 Å². The predicted molar refractivity (Wildman–Crippen MR) is 35.5 cm³/mol. The van der Waals surface area contributed by atoms with E-state index in [1.807, 2.05) is 14.1 Å². The highest BCUT2D eigenvalue weighted by atomic mass is 15.1. The smallest absolute Gasteiger partial charge is 0.117 e. The van der Waals surface area contributed by atoms with E-state index in [0.29, 0.717) is 5.82 Å². The highest BCUT2D eigenvalue weighted by Crippen LogP contribution is 1.75. The lowest BCUT2D eigenvalue weighted by Gasteiger charge is -2.00. The largest absolute Gasteiger partial charge is 0.384 e. The standard InChI is InChI=1S/C5H11N3/c1-5(6)7-4-8(2)3/h4H,1,6H2,2-3H3/b7-4-. The van der Waals surface area contributed by atoms with Gasteiger partial charge in [-0.15, -0.1) is 0 Å². The minimum atomic E-state index is 0.332. The molecule has 0 saturated carbocycles. The van der Waals surface area contributed by atoms with Gasteiger partial charge in [0.05, 0.1) is 6.34 Å². The van der Waals surface area contributed by atoms with Crippen molar-refractivity contribution in [1.82, 2.24) is 4.90 Å². The number of hydrogen-bond acceptors (Lipinski definition) is 2. The van der Waals surface area contributed by atoms with Crippen molar-refractivity contribution >= 4 is 6.34 Å². The average molecular weight is 113 g/mol. The highest BCUT2D eigenvalue weighted by molar-refractivity contribution is 5.55. The van der Waals surface area contributed by atoms with Gasteiger partial charge < -0.3 is 10.6 Å². The van der Waals surface area contributed by atoms with E-state index in [0.717, 1.165) is 0 Å². The quantitative estimate of drug-likeness (QED) is 0.404. The van der Waals surface area contributed by atoms with E-state index in [2.05, 4.69) is 11.6 Å². The molecule has 0 aliphatic carbocycles. The lowest BCUT2D eigenvalue weighted by Crippen LogP contribution is -2.08. The third kappa shape index (κ3) is 5.01. The van der Waals surface area contributed by atoms with E-state index in [-0.39, 0.29) is 0 Å². The van der Waals surface area contributed by atoms with Crippen molar-refractivity contribution in [3.63, 3.8) is 0 Å². The van der Waals surface area contributed by atoms with Gasteiger partial charge in [-0.3, -0.25) is 0 Å². The molecule has 0 rings (SSSR count). The Morgan fingerprint density at radius 3 is 2.38 bits per heavy atom. The Bertz CT molecular complexity index is 104. The SMILES string of the molecule is C=C(N)/N=C\N(C)C. The zero-order valence-electron chi connectivity index (χ0n) is 5.26. The fourth-order valence-corrected chi connectivity index (χ4v) is 0.190. The lowest BCUT2D eigenvalue weighted by molar-refractivity contribution is 0.642. The first-order chi connectivity index (χ1) is 3.63. The molecule has 3 nitrogen and oxygen atoms in total. The van der Waals surface area contributed by atoms with Crippen LogP contribution < -0.4 is 5.73 Å². The number of hydrogen-bond donors (Lipinski definition) is 1. The molecule has 46 valence electrons. The molecule has 0 aromatic heterocycles. The summed E-state index contributed by atoms with van der Waals surface area (Å²) in [6, 6.07) is 0. The van der Waals surface area contributed by atoms with Gasteiger partial charge in [-0.2, -0.15) is 0 Å². The van der Waals surface area contributed by atoms with Crippen LogP contribution in [0.4, 0.5) is 0 Å². The predicted octanol–water partition coefficient (Wildman–Crippen LogP) is 0.00620. The summed E-state index contributed by atoms with van der Waals surface area (Å²) in [7, 11) is 3.74. The minimum absolute atomic E-state index is 0.332. The van der Waals surface area contributed by atoms with Gasteiger partial charge in [0.25, 0.3) is 0 Å². The molecule has 0 amide bonds. The summed E-state index contributed by atoms with van der Waals surface area (Å²) < 4.78 is 0. The van der Waals surface area contributed by atoms with Crippen molar-refractivity contribution in [3.8, 4) is 0 Å². The van der Waals surface area contributed by atoms with Crippen molar-refractivity contribution in [2.45, 2.75) is 0 Å². The maximum Gasteiger partial charge on any atom is 0.117 e. The molecule has 0 aromatic rings. The number of nitrogens with zero attached hydrogens (tertiary/aromatic N) is 2. The summed E-state index contributed by atoms with van der Waals surface area (Å²) >= 11 is 0. The molecule has 3 heteroatoms. The summed E-state index contributed by atoms with van der Waals surface area (Å²) in [4.78, 5) is 5.50. The van der Waals surface area contributed by atoms with Crippen LogP contribution in [-0.2, 0) is 0 Å². The average Bonchev–Trinajstić information content (AvgIpc) is 1.61. The normalized spacial score (nSPS) is 9.75. The molecular formula is C5H11N3. The number of aliphatic imine (C=N–C) groups is 1. The van der Waals surface area contributed by atoms with Crippen LogP contribution in [0.2, 0.25) is 0 Å². The number of nitrogens with two attached hydrogens (primary N) is 1. The van der Waals surface area contributed by atoms with Gasteiger partial charge in [-0.1, -0.05) is 6.58 Å². The second kappa shape index (κ2) is 3.07. The first-order valence-electron chi connectivity index (χ1n) is 2.28. The molecule has 0 atom stereocenters. The molecule has 0 spiro atoms. The Kier molecular flexibility index (Phi) is 2.69. The third-order valence-corrected chi connectivity index (χ3v) is 0.454. The topological polar surface area (TPSA) is 41.6 Å². The van der Waals surface area contributed by atoms with Gasteiger partial charge in [0.1, 0.15) is 5.82 Å². The van der Waals surface area contributed by atoms with E-state index >= 15 is 0 Å². The van der Waals surface area contributed by atoms with Crippen LogP contribution in [0.3, 0.4) is 0 Å². The maximum atomic E-state index is 5.12. The van der Waals surface area contributed by atoms with E-state index < -0.39 is 0 Å². The molecule has 0 saturated heterocycles. The molecule has 0 radical (unpaired) electrons. The first-order valence-corrected chi connectivity index (χ1v) is 2.28. The van der Waals surface area contributed by atoms with Crippen LogP contribution in [0, 0.1) is 0 Å². The van der Waals surface area contributed by atoms with Gasteiger partial charge in [0.15, 0.2) is 0 Å². The second-order valence-electron chi connectivity index (χ2n) is 1.70. The lowest BCUT2D eigenvalue weighted by atomic mass is 10.8. The monoisotopic (exact) mass is 113 g/mol. The van der Waals surface area contributed by atoms with Crippen molar-refractivity contribution in [1.29, 1.82) is 0 Å². The first kappa shape index (κ1) is 7.01. The minimum Gasteiger partial charge on any atom is -0.384 e. The Hall–Kier alpha value is -0.990. The molecule has 0 aliphatic heterocycles. The molecule has 0 aliphatic rings. The second-order valence-corrected chi connectivity index (χ2v) is 1.70. The summed E-state index contributed by atoms with van der Waals surface area (Å²) in [5, 5.41) is 0. The van der Waals surface area contributed by atoms with Crippen LogP contribution in [-0.4, -0.2) is 25.3 Å². The summed E-state index contributed by atoms with van der Waals surface area (Å²) in [6.45, 7) is 3.38. The molecule has 0 bridgehead atoms. The van der Waals surface area contributed by atoms with Crippen molar-refractivity contribution in [2.75, 3.05) is 14.1 Å². The van der Waals surface area contributed by atoms with E-state index in [1.54, 1.807) is 11.2 Å². The molecule has 0 heterocycles. The van der Waals surface area contributed by atoms with Gasteiger partial charge in [-0.05, 0) is 0 Å². The van der Waals surface area contributed by atoms with Crippen molar-refractivity contribution < 1.29 is 0 Å². The molecular weight excluding hydrogens is 102 g/mol. The summed E-state index contributed by atoms with van der Waals surface area (Å²) in [6.07, 6.45) is 1.60. The third-order valence-electron chi connectivity index (χ3n) is 0.454. The zero-order valence-corrected chi connectivity index (χ0v) is 5.26. The number of rotatable bonds is 2. The van der Waals surface area contributed by atoms with Gasteiger partial charge in [0.2, 0.25) is 0 Å². The Balaban J connectivity index is 3.50. The Labute approximate surface area is 49.5 Å². The van der Waals surface area contributed by atoms with Gasteiger partial charge in [-0.25, -0.2) is 4.99 Å². The van der Waals surface area contributed by atoms with Crippen LogP contribution in [0.25, 0.3) is 0 Å². The Morgan fingerprint density at radius 2 is 2.25 bits per heavy atom. The molecule has 0 unspecified atom stereocenters. The van der Waals surface area contributed by atoms with Gasteiger partial charge in [0, 0.05) is 14.1 Å². The van der Waals surface area contributed by atoms with E-state index in [1.165, 1.54) is 0 Å². The van der Waals surface area contributed by atoms with Crippen LogP contribution >= 0.6 is 0 Å². The van der Waals surface area contributed by atoms with E-state index in [9.17, 15) is 0 Å². The van der Waals surface area contributed by atoms with E-state index in [4.69, 9.17) is 5.73 Å². The maximum absolute atomic E-state index is 5.12.